The van der Waals surface area contributed by atoms with Gasteiger partial charge in [0.2, 0.25) is 5.91 Å². The molecule has 31 heavy (non-hydrogen) atoms. The van der Waals surface area contributed by atoms with Gasteiger partial charge in [-0.05, 0) is 72.4 Å². The van der Waals surface area contributed by atoms with Gasteiger partial charge in [-0.15, -0.1) is 0 Å². The van der Waals surface area contributed by atoms with E-state index >= 15 is 0 Å². The fourth-order valence-corrected chi connectivity index (χ4v) is 4.24. The van der Waals surface area contributed by atoms with Crippen LogP contribution in [0, 0.1) is 6.92 Å². The summed E-state index contributed by atoms with van der Waals surface area (Å²) in [6.45, 7) is 6.20. The van der Waals surface area contributed by atoms with E-state index < -0.39 is 10.0 Å². The highest BCUT2D eigenvalue weighted by molar-refractivity contribution is 7.92. The third-order valence-corrected chi connectivity index (χ3v) is 6.40. The number of anilines is 2. The zero-order valence-corrected chi connectivity index (χ0v) is 18.9. The first-order valence-corrected chi connectivity index (χ1v) is 11.8. The Bertz CT molecular complexity index is 1140. The monoisotopic (exact) mass is 436 g/mol. The van der Waals surface area contributed by atoms with E-state index in [4.69, 9.17) is 0 Å². The van der Waals surface area contributed by atoms with E-state index in [1.165, 1.54) is 17.7 Å². The molecule has 0 spiro atoms. The van der Waals surface area contributed by atoms with Crippen molar-refractivity contribution in [2.75, 3.05) is 10.0 Å². The Morgan fingerprint density at radius 3 is 2.19 bits per heavy atom. The van der Waals surface area contributed by atoms with Gasteiger partial charge in [0.25, 0.3) is 10.0 Å². The second-order valence-corrected chi connectivity index (χ2v) is 9.63. The number of nitrogens with one attached hydrogen (secondary N) is 2. The maximum absolute atomic E-state index is 12.6. The number of benzene rings is 3. The van der Waals surface area contributed by atoms with Crippen LogP contribution in [-0.2, 0) is 21.2 Å². The first-order valence-electron chi connectivity index (χ1n) is 10.3. The number of amides is 1. The summed E-state index contributed by atoms with van der Waals surface area (Å²) in [5.74, 6) is 0.373. The molecule has 0 atom stereocenters. The van der Waals surface area contributed by atoms with E-state index in [0.717, 1.165) is 11.1 Å². The number of hydrogen-bond acceptors (Lipinski definition) is 3. The third kappa shape index (κ3) is 6.43. The largest absolute Gasteiger partial charge is 0.326 e. The van der Waals surface area contributed by atoms with Crippen molar-refractivity contribution in [3.8, 4) is 0 Å². The molecule has 0 radical (unpaired) electrons. The molecule has 2 N–H and O–H groups in total. The summed E-state index contributed by atoms with van der Waals surface area (Å²) in [6, 6.07) is 21.6. The van der Waals surface area contributed by atoms with Gasteiger partial charge in [-0.2, -0.15) is 0 Å². The number of sulfonamides is 1. The van der Waals surface area contributed by atoms with E-state index in [-0.39, 0.29) is 10.8 Å². The molecule has 1 amide bonds. The molecule has 3 aromatic carbocycles. The molecule has 0 aliphatic rings. The molecule has 0 aliphatic heterocycles. The number of rotatable bonds is 8. The van der Waals surface area contributed by atoms with E-state index in [1.807, 2.05) is 13.0 Å². The van der Waals surface area contributed by atoms with Gasteiger partial charge in [0.1, 0.15) is 0 Å². The quantitative estimate of drug-likeness (QED) is 0.490. The molecule has 0 aliphatic carbocycles. The van der Waals surface area contributed by atoms with Gasteiger partial charge >= 0.3 is 0 Å². The molecule has 0 heterocycles. The van der Waals surface area contributed by atoms with Crippen LogP contribution in [0.3, 0.4) is 0 Å². The van der Waals surface area contributed by atoms with Gasteiger partial charge in [-0.3, -0.25) is 9.52 Å². The number of carbonyl (C=O) groups excluding carboxylic acids is 1. The predicted octanol–water partition coefficient (Wildman–Crippen LogP) is 5.49. The average molecular weight is 437 g/mol. The van der Waals surface area contributed by atoms with Crippen LogP contribution in [0.25, 0.3) is 0 Å². The first kappa shape index (κ1) is 22.6. The zero-order chi connectivity index (χ0) is 22.4. The standard InChI is InChI=1S/C25H28N2O3S/c1-18(2)21-10-7-20(8-11-21)9-16-25(28)26-22-12-14-24(15-13-22)31(29,30)27-23-6-4-5-19(3)17-23/h4-8,10-15,17-18,27H,9,16H2,1-3H3,(H,26,28). The minimum Gasteiger partial charge on any atom is -0.326 e. The molecule has 0 aromatic heterocycles. The minimum absolute atomic E-state index is 0.110. The highest BCUT2D eigenvalue weighted by Crippen LogP contribution is 2.20. The molecule has 0 saturated carbocycles. The Morgan fingerprint density at radius 1 is 0.903 bits per heavy atom. The molecule has 3 aromatic rings. The van der Waals surface area contributed by atoms with Crippen LogP contribution in [0.5, 0.6) is 0 Å². The Labute approximate surface area is 184 Å². The summed E-state index contributed by atoms with van der Waals surface area (Å²) in [5, 5.41) is 2.82. The van der Waals surface area contributed by atoms with Gasteiger partial charge < -0.3 is 5.32 Å². The predicted molar refractivity (Wildman–Crippen MR) is 126 cm³/mol. The van der Waals surface area contributed by atoms with Crippen molar-refractivity contribution in [2.24, 2.45) is 0 Å². The molecule has 0 unspecified atom stereocenters. The van der Waals surface area contributed by atoms with Gasteiger partial charge in [0, 0.05) is 17.8 Å². The van der Waals surface area contributed by atoms with Crippen LogP contribution in [0.15, 0.2) is 77.7 Å². The minimum atomic E-state index is -3.69. The number of carbonyl (C=O) groups is 1. The molecule has 0 saturated heterocycles. The van der Waals surface area contributed by atoms with E-state index in [9.17, 15) is 13.2 Å². The molecule has 0 bridgehead atoms. The van der Waals surface area contributed by atoms with Crippen LogP contribution in [0.2, 0.25) is 0 Å². The lowest BCUT2D eigenvalue weighted by Gasteiger charge is -2.10. The maximum atomic E-state index is 12.6. The van der Waals surface area contributed by atoms with Crippen molar-refractivity contribution in [2.45, 2.75) is 44.4 Å². The Balaban J connectivity index is 1.56. The summed E-state index contributed by atoms with van der Waals surface area (Å²) in [4.78, 5) is 12.4. The van der Waals surface area contributed by atoms with Crippen LogP contribution < -0.4 is 10.0 Å². The van der Waals surface area contributed by atoms with Crippen molar-refractivity contribution < 1.29 is 13.2 Å². The third-order valence-electron chi connectivity index (χ3n) is 5.01. The van der Waals surface area contributed by atoms with Gasteiger partial charge in [0.15, 0.2) is 0 Å². The second kappa shape index (κ2) is 9.79. The highest BCUT2D eigenvalue weighted by atomic mass is 32.2. The summed E-state index contributed by atoms with van der Waals surface area (Å²) in [6.07, 6.45) is 1.01. The molecule has 3 rings (SSSR count). The first-order chi connectivity index (χ1) is 14.7. The van der Waals surface area contributed by atoms with Crippen LogP contribution in [-0.4, -0.2) is 14.3 Å². The van der Waals surface area contributed by atoms with Gasteiger partial charge in [0.05, 0.1) is 4.90 Å². The number of aryl methyl sites for hydroxylation is 2. The van der Waals surface area contributed by atoms with Gasteiger partial charge in [-0.25, -0.2) is 8.42 Å². The summed E-state index contributed by atoms with van der Waals surface area (Å²) >= 11 is 0. The number of hydrogen-bond donors (Lipinski definition) is 2. The molecule has 5 nitrogen and oxygen atoms in total. The van der Waals surface area contributed by atoms with E-state index in [0.29, 0.717) is 30.1 Å². The Morgan fingerprint density at radius 2 is 1.58 bits per heavy atom. The topological polar surface area (TPSA) is 75.3 Å². The Kier molecular flexibility index (Phi) is 7.13. The lowest BCUT2D eigenvalue weighted by atomic mass is 10.0. The van der Waals surface area contributed by atoms with Crippen LogP contribution in [0.4, 0.5) is 11.4 Å². The van der Waals surface area contributed by atoms with Crippen molar-refractivity contribution in [1.29, 1.82) is 0 Å². The fraction of sp³-hybridized carbons (Fsp3) is 0.240. The van der Waals surface area contributed by atoms with Crippen molar-refractivity contribution in [1.82, 2.24) is 0 Å². The summed E-state index contributed by atoms with van der Waals surface area (Å²) in [5.41, 5.74) is 4.44. The normalized spacial score (nSPS) is 11.4. The average Bonchev–Trinajstić information content (AvgIpc) is 2.72. The zero-order valence-electron chi connectivity index (χ0n) is 18.1. The molecule has 0 fully saturated rings. The van der Waals surface area contributed by atoms with Crippen molar-refractivity contribution >= 4 is 27.3 Å². The van der Waals surface area contributed by atoms with Crippen molar-refractivity contribution in [3.05, 3.63) is 89.5 Å². The lowest BCUT2D eigenvalue weighted by molar-refractivity contribution is -0.116. The maximum Gasteiger partial charge on any atom is 0.261 e. The summed E-state index contributed by atoms with van der Waals surface area (Å²) in [7, 11) is -3.69. The highest BCUT2D eigenvalue weighted by Gasteiger charge is 2.14. The lowest BCUT2D eigenvalue weighted by Crippen LogP contribution is -2.14. The van der Waals surface area contributed by atoms with E-state index in [1.54, 1.807) is 30.3 Å². The SMILES string of the molecule is Cc1cccc(NS(=O)(=O)c2ccc(NC(=O)CCc3ccc(C(C)C)cc3)cc2)c1. The van der Waals surface area contributed by atoms with Crippen LogP contribution in [0.1, 0.15) is 42.9 Å². The molecule has 162 valence electrons. The van der Waals surface area contributed by atoms with Crippen molar-refractivity contribution in [3.63, 3.8) is 0 Å². The van der Waals surface area contributed by atoms with E-state index in [2.05, 4.69) is 48.2 Å². The molecule has 6 heteroatoms. The molecular weight excluding hydrogens is 408 g/mol. The fourth-order valence-electron chi connectivity index (χ4n) is 3.19. The Hall–Kier alpha value is -3.12. The summed E-state index contributed by atoms with van der Waals surface area (Å²) < 4.78 is 27.7. The second-order valence-electron chi connectivity index (χ2n) is 7.94. The van der Waals surface area contributed by atoms with Crippen LogP contribution >= 0.6 is 0 Å². The smallest absolute Gasteiger partial charge is 0.261 e. The van der Waals surface area contributed by atoms with Gasteiger partial charge in [-0.1, -0.05) is 50.2 Å². The molecular formula is C25H28N2O3S.